The second kappa shape index (κ2) is 6.08. The van der Waals surface area contributed by atoms with Crippen LogP contribution in [-0.4, -0.2) is 55.0 Å². The minimum atomic E-state index is -0.433. The van der Waals surface area contributed by atoms with Gasteiger partial charge in [0.15, 0.2) is 0 Å². The number of amides is 1. The predicted molar refractivity (Wildman–Crippen MR) is 71.2 cm³/mol. The molecule has 0 aromatic carbocycles. The average Bonchev–Trinajstić information content (AvgIpc) is 2.26. The molecule has 1 N–H and O–H groups in total. The molecule has 0 unspecified atom stereocenters. The third-order valence-electron chi connectivity index (χ3n) is 3.08. The zero-order valence-corrected chi connectivity index (χ0v) is 12.1. The van der Waals surface area contributed by atoms with E-state index in [4.69, 9.17) is 9.47 Å². The summed E-state index contributed by atoms with van der Waals surface area (Å²) < 4.78 is 11.1. The summed E-state index contributed by atoms with van der Waals surface area (Å²) in [6.45, 7) is 8.67. The van der Waals surface area contributed by atoms with E-state index in [0.29, 0.717) is 13.2 Å². The quantitative estimate of drug-likeness (QED) is 0.728. The van der Waals surface area contributed by atoms with Crippen LogP contribution in [0.2, 0.25) is 0 Å². The third-order valence-corrected chi connectivity index (χ3v) is 3.08. The SMILES string of the molecule is CC(C)(C)OC(=O)N1CCO[C@@H]2CNCC[C@H]21.Cl. The summed E-state index contributed by atoms with van der Waals surface area (Å²) in [4.78, 5) is 13.9. The molecule has 2 aliphatic heterocycles. The minimum absolute atomic E-state index is 0. The highest BCUT2D eigenvalue weighted by atomic mass is 35.5. The van der Waals surface area contributed by atoms with Gasteiger partial charge in [-0.2, -0.15) is 0 Å². The van der Waals surface area contributed by atoms with Crippen molar-refractivity contribution in [3.8, 4) is 0 Å². The van der Waals surface area contributed by atoms with E-state index in [-0.39, 0.29) is 30.6 Å². The van der Waals surface area contributed by atoms with E-state index < -0.39 is 5.60 Å². The first-order valence-electron chi connectivity index (χ1n) is 6.29. The molecule has 2 atom stereocenters. The smallest absolute Gasteiger partial charge is 0.410 e. The number of hydrogen-bond acceptors (Lipinski definition) is 4. The number of ether oxygens (including phenoxy) is 2. The summed E-state index contributed by atoms with van der Waals surface area (Å²) in [7, 11) is 0. The first kappa shape index (κ1) is 15.5. The van der Waals surface area contributed by atoms with Crippen molar-refractivity contribution in [1.29, 1.82) is 0 Å². The molecular formula is C12H23ClN2O3. The number of rotatable bonds is 0. The number of nitrogens with one attached hydrogen (secondary N) is 1. The van der Waals surface area contributed by atoms with Crippen molar-refractivity contribution in [1.82, 2.24) is 10.2 Å². The lowest BCUT2D eigenvalue weighted by Gasteiger charge is -2.43. The molecule has 2 heterocycles. The van der Waals surface area contributed by atoms with Crippen molar-refractivity contribution in [2.75, 3.05) is 26.2 Å². The first-order valence-corrected chi connectivity index (χ1v) is 6.29. The number of carbonyl (C=O) groups excluding carboxylic acids is 1. The fourth-order valence-corrected chi connectivity index (χ4v) is 2.36. The molecule has 106 valence electrons. The third kappa shape index (κ3) is 3.73. The monoisotopic (exact) mass is 278 g/mol. The average molecular weight is 279 g/mol. The van der Waals surface area contributed by atoms with E-state index in [1.807, 2.05) is 25.7 Å². The number of carbonyl (C=O) groups is 1. The summed E-state index contributed by atoms with van der Waals surface area (Å²) in [5.74, 6) is 0. The van der Waals surface area contributed by atoms with Crippen LogP contribution >= 0.6 is 12.4 Å². The Morgan fingerprint density at radius 2 is 2.17 bits per heavy atom. The molecule has 1 amide bonds. The van der Waals surface area contributed by atoms with Crippen LogP contribution in [0.15, 0.2) is 0 Å². The van der Waals surface area contributed by atoms with Crippen LogP contribution in [0.5, 0.6) is 0 Å². The zero-order valence-electron chi connectivity index (χ0n) is 11.3. The maximum absolute atomic E-state index is 12.1. The Bertz CT molecular complexity index is 292. The standard InChI is InChI=1S/C12H22N2O3.ClH/c1-12(2,3)17-11(15)14-6-7-16-10-8-13-5-4-9(10)14;/h9-10,13H,4-8H2,1-3H3;1H/t9-,10-;/m1./s1. The number of nitrogens with zero attached hydrogens (tertiary/aromatic N) is 1. The summed E-state index contributed by atoms with van der Waals surface area (Å²) in [5, 5.41) is 3.29. The van der Waals surface area contributed by atoms with Crippen molar-refractivity contribution < 1.29 is 14.3 Å². The van der Waals surface area contributed by atoms with Gasteiger partial charge in [0.05, 0.1) is 18.8 Å². The Kier molecular flexibility index (Phi) is 5.25. The molecule has 2 fully saturated rings. The molecule has 0 aliphatic carbocycles. The summed E-state index contributed by atoms with van der Waals surface area (Å²) in [5.41, 5.74) is -0.433. The molecule has 6 heteroatoms. The molecule has 18 heavy (non-hydrogen) atoms. The van der Waals surface area contributed by atoms with Gasteiger partial charge < -0.3 is 19.7 Å². The van der Waals surface area contributed by atoms with Gasteiger partial charge in [-0.1, -0.05) is 0 Å². The Morgan fingerprint density at radius 1 is 1.44 bits per heavy atom. The van der Waals surface area contributed by atoms with Crippen molar-refractivity contribution in [2.45, 2.75) is 44.9 Å². The Balaban J connectivity index is 0.00000162. The van der Waals surface area contributed by atoms with Crippen LogP contribution in [0.3, 0.4) is 0 Å². The zero-order chi connectivity index (χ0) is 12.5. The number of hydrogen-bond donors (Lipinski definition) is 1. The summed E-state index contributed by atoms with van der Waals surface area (Å²) in [6.07, 6.45) is 0.840. The largest absolute Gasteiger partial charge is 0.444 e. The normalized spacial score (nSPS) is 28.1. The Labute approximate surface area is 115 Å². The first-order chi connectivity index (χ1) is 7.97. The lowest BCUT2D eigenvalue weighted by atomic mass is 10.0. The molecule has 5 nitrogen and oxygen atoms in total. The van der Waals surface area contributed by atoms with E-state index in [1.165, 1.54) is 0 Å². The minimum Gasteiger partial charge on any atom is -0.444 e. The van der Waals surface area contributed by atoms with Gasteiger partial charge in [-0.25, -0.2) is 4.79 Å². The molecule has 0 aromatic heterocycles. The molecule has 2 rings (SSSR count). The lowest BCUT2D eigenvalue weighted by molar-refractivity contribution is -0.0839. The molecule has 0 saturated carbocycles. The van der Waals surface area contributed by atoms with Crippen LogP contribution in [0.4, 0.5) is 4.79 Å². The van der Waals surface area contributed by atoms with Crippen molar-refractivity contribution in [3.63, 3.8) is 0 Å². The van der Waals surface area contributed by atoms with Gasteiger partial charge >= 0.3 is 6.09 Å². The van der Waals surface area contributed by atoms with Crippen molar-refractivity contribution >= 4 is 18.5 Å². The predicted octanol–water partition coefficient (Wildman–Crippen LogP) is 1.41. The maximum atomic E-state index is 12.1. The van der Waals surface area contributed by atoms with Crippen molar-refractivity contribution in [3.05, 3.63) is 0 Å². The fraction of sp³-hybridized carbons (Fsp3) is 0.917. The van der Waals surface area contributed by atoms with Crippen molar-refractivity contribution in [2.24, 2.45) is 0 Å². The van der Waals surface area contributed by atoms with E-state index >= 15 is 0 Å². The molecule has 0 radical (unpaired) electrons. The van der Waals surface area contributed by atoms with Crippen LogP contribution in [-0.2, 0) is 9.47 Å². The van der Waals surface area contributed by atoms with Gasteiger partial charge in [0, 0.05) is 13.1 Å². The van der Waals surface area contributed by atoms with Gasteiger partial charge in [-0.3, -0.25) is 0 Å². The van der Waals surface area contributed by atoms with Gasteiger partial charge in [0.1, 0.15) is 5.60 Å². The van der Waals surface area contributed by atoms with Gasteiger partial charge in [-0.05, 0) is 33.7 Å². The number of piperidine rings is 1. The number of fused-ring (bicyclic) bond motifs is 1. The number of morpholine rings is 1. The van der Waals surface area contributed by atoms with Gasteiger partial charge in [-0.15, -0.1) is 12.4 Å². The second-order valence-electron chi connectivity index (χ2n) is 5.64. The van der Waals surface area contributed by atoms with Crippen LogP contribution < -0.4 is 5.32 Å². The lowest BCUT2D eigenvalue weighted by Crippen LogP contribution is -2.60. The Morgan fingerprint density at radius 3 is 2.83 bits per heavy atom. The topological polar surface area (TPSA) is 50.8 Å². The van der Waals surface area contributed by atoms with Gasteiger partial charge in [0.25, 0.3) is 0 Å². The van der Waals surface area contributed by atoms with Crippen LogP contribution in [0.25, 0.3) is 0 Å². The van der Waals surface area contributed by atoms with E-state index in [0.717, 1.165) is 19.5 Å². The maximum Gasteiger partial charge on any atom is 0.410 e. The second-order valence-corrected chi connectivity index (χ2v) is 5.64. The summed E-state index contributed by atoms with van der Waals surface area (Å²) >= 11 is 0. The highest BCUT2D eigenvalue weighted by Crippen LogP contribution is 2.22. The molecule has 0 spiro atoms. The highest BCUT2D eigenvalue weighted by Gasteiger charge is 2.38. The molecular weight excluding hydrogens is 256 g/mol. The molecule has 2 aliphatic rings. The van der Waals surface area contributed by atoms with E-state index in [1.54, 1.807) is 0 Å². The van der Waals surface area contributed by atoms with Crippen LogP contribution in [0, 0.1) is 0 Å². The van der Waals surface area contributed by atoms with Crippen LogP contribution in [0.1, 0.15) is 27.2 Å². The van der Waals surface area contributed by atoms with Gasteiger partial charge in [0.2, 0.25) is 0 Å². The Hall–Kier alpha value is -0.520. The molecule has 0 aromatic rings. The molecule has 2 saturated heterocycles. The van der Waals surface area contributed by atoms with E-state index in [9.17, 15) is 4.79 Å². The fourth-order valence-electron chi connectivity index (χ4n) is 2.36. The highest BCUT2D eigenvalue weighted by molar-refractivity contribution is 5.85. The summed E-state index contributed by atoms with van der Waals surface area (Å²) in [6, 6.07) is 0.167. The van der Waals surface area contributed by atoms with E-state index in [2.05, 4.69) is 5.32 Å². The number of halogens is 1. The molecule has 0 bridgehead atoms.